The zero-order valence-electron chi connectivity index (χ0n) is 8.41. The molecule has 0 amide bonds. The molecule has 0 nitrogen and oxygen atoms in total. The van der Waals surface area contributed by atoms with Crippen molar-refractivity contribution in [2.75, 3.05) is 0 Å². The third-order valence-corrected chi connectivity index (χ3v) is 2.96. The normalized spacial score (nSPS) is 29.5. The Hall–Kier alpha value is 0. The van der Waals surface area contributed by atoms with Crippen LogP contribution in [-0.4, -0.2) is 0 Å². The number of hydrogen-bond acceptors (Lipinski definition) is 0. The maximum absolute atomic E-state index is 2.50. The molecule has 1 aliphatic rings. The van der Waals surface area contributed by atoms with Crippen molar-refractivity contribution in [1.29, 1.82) is 0 Å². The average molecular weight is 153 g/mol. The van der Waals surface area contributed by atoms with Crippen LogP contribution >= 0.6 is 0 Å². The summed E-state index contributed by atoms with van der Waals surface area (Å²) >= 11 is 0. The van der Waals surface area contributed by atoms with Crippen molar-refractivity contribution in [2.45, 2.75) is 53.4 Å². The van der Waals surface area contributed by atoms with Crippen LogP contribution in [0.5, 0.6) is 0 Å². The van der Waals surface area contributed by atoms with Gasteiger partial charge in [-0.3, -0.25) is 0 Å². The zero-order valence-corrected chi connectivity index (χ0v) is 8.41. The van der Waals surface area contributed by atoms with Gasteiger partial charge in [-0.1, -0.05) is 27.7 Å². The molecule has 0 unspecified atom stereocenters. The molecule has 0 heterocycles. The molecule has 1 fully saturated rings. The lowest BCUT2D eigenvalue weighted by atomic mass is 9.81. The molecule has 0 saturated heterocycles. The minimum atomic E-state index is 0.494. The molecule has 0 heteroatoms. The lowest BCUT2D eigenvalue weighted by molar-refractivity contribution is 0.287. The Labute approximate surface area is 71.4 Å². The summed E-state index contributed by atoms with van der Waals surface area (Å²) < 4.78 is 0. The first-order chi connectivity index (χ1) is 4.91. The van der Waals surface area contributed by atoms with Crippen LogP contribution in [0.25, 0.3) is 0 Å². The second-order valence-electron chi connectivity index (χ2n) is 5.40. The zero-order chi connectivity index (χ0) is 8.54. The van der Waals surface area contributed by atoms with E-state index in [1.54, 1.807) is 0 Å². The van der Waals surface area contributed by atoms with Gasteiger partial charge in [-0.25, -0.2) is 0 Å². The molecule has 0 bridgehead atoms. The van der Waals surface area contributed by atoms with Gasteiger partial charge in [0.05, 0.1) is 0 Å². The van der Waals surface area contributed by atoms with Gasteiger partial charge in [-0.15, -0.1) is 0 Å². The van der Waals surface area contributed by atoms with Gasteiger partial charge in [0, 0.05) is 0 Å². The highest BCUT2D eigenvalue weighted by atomic mass is 14.3. The minimum Gasteiger partial charge on any atom is -0.0599 e. The van der Waals surface area contributed by atoms with Gasteiger partial charge in [0.15, 0.2) is 0 Å². The van der Waals surface area contributed by atoms with Crippen molar-refractivity contribution < 1.29 is 0 Å². The van der Waals surface area contributed by atoms with Gasteiger partial charge in [0.1, 0.15) is 0 Å². The van der Waals surface area contributed by atoms with Gasteiger partial charge in [-0.05, 0) is 42.9 Å². The van der Waals surface area contributed by atoms with Crippen molar-refractivity contribution >= 4 is 0 Å². The molecule has 0 aliphatic heterocycles. The highest BCUT2D eigenvalue weighted by Crippen LogP contribution is 2.41. The van der Waals surface area contributed by atoms with Crippen LogP contribution in [0.1, 0.15) is 53.4 Å². The van der Waals surface area contributed by atoms with E-state index in [1.165, 1.54) is 25.7 Å². The van der Waals surface area contributed by atoms with E-state index in [1.807, 2.05) is 0 Å². The van der Waals surface area contributed by atoms with Crippen molar-refractivity contribution in [2.24, 2.45) is 10.8 Å². The Kier molecular flexibility index (Phi) is 2.32. The fourth-order valence-corrected chi connectivity index (χ4v) is 1.74. The highest BCUT2D eigenvalue weighted by molar-refractivity contribution is 4.91. The number of rotatable bonds is 0. The minimum absolute atomic E-state index is 0.494. The van der Waals surface area contributed by atoms with E-state index in [-0.39, 0.29) is 0 Å². The number of hydrogen-bond donors (Lipinski definition) is 0. The van der Waals surface area contributed by atoms with E-state index in [0.717, 1.165) is 0 Å². The Balaban J connectivity index is 2.53. The van der Waals surface area contributed by atoms with Crippen LogP contribution in [-0.2, 0) is 0 Å². The smallest absolute Gasteiger partial charge is 0.0323 e. The summed E-state index contributed by atoms with van der Waals surface area (Å²) in [7, 11) is 0. The summed E-state index contributed by atoms with van der Waals surface area (Å²) in [6.45, 7) is 9.49. The first-order valence-corrected chi connectivity index (χ1v) is 4.76. The van der Waals surface area contributed by atoms with Crippen molar-refractivity contribution in [3.05, 3.63) is 6.42 Å². The quantitative estimate of drug-likeness (QED) is 0.464. The summed E-state index contributed by atoms with van der Waals surface area (Å²) in [5.41, 5.74) is 1.08. The van der Waals surface area contributed by atoms with Crippen LogP contribution in [0, 0.1) is 17.3 Å². The molecule has 1 radical (unpaired) electrons. The Morgan fingerprint density at radius 2 is 1.55 bits per heavy atom. The Morgan fingerprint density at radius 3 is 2.18 bits per heavy atom. The maximum Gasteiger partial charge on any atom is -0.0323 e. The third kappa shape index (κ3) is 2.84. The monoisotopic (exact) mass is 153 g/mol. The second-order valence-corrected chi connectivity index (χ2v) is 5.40. The van der Waals surface area contributed by atoms with Crippen LogP contribution in [0.4, 0.5) is 0 Å². The topological polar surface area (TPSA) is 0 Å². The first kappa shape index (κ1) is 9.09. The molecular formula is C11H21. The summed E-state index contributed by atoms with van der Waals surface area (Å²) in [6, 6.07) is 0. The predicted molar refractivity (Wildman–Crippen MR) is 50.3 cm³/mol. The first-order valence-electron chi connectivity index (χ1n) is 4.76. The average Bonchev–Trinajstić information content (AvgIpc) is 1.92. The van der Waals surface area contributed by atoms with Gasteiger partial charge in [0.2, 0.25) is 0 Å². The maximum atomic E-state index is 2.50. The summed E-state index contributed by atoms with van der Waals surface area (Å²) in [4.78, 5) is 0. The van der Waals surface area contributed by atoms with Gasteiger partial charge in [-0.2, -0.15) is 0 Å². The summed E-state index contributed by atoms with van der Waals surface area (Å²) in [5.74, 6) is 0. The molecule has 1 saturated carbocycles. The van der Waals surface area contributed by atoms with Crippen LogP contribution in [0.2, 0.25) is 0 Å². The predicted octanol–water partition coefficient (Wildman–Crippen LogP) is 3.82. The molecule has 0 N–H and O–H groups in total. The molecule has 1 aliphatic carbocycles. The highest BCUT2D eigenvalue weighted by Gasteiger charge is 2.28. The van der Waals surface area contributed by atoms with E-state index < -0.39 is 0 Å². The van der Waals surface area contributed by atoms with E-state index in [4.69, 9.17) is 0 Å². The lowest BCUT2D eigenvalue weighted by Crippen LogP contribution is -2.12. The third-order valence-electron chi connectivity index (χ3n) is 2.96. The Morgan fingerprint density at radius 1 is 0.909 bits per heavy atom. The van der Waals surface area contributed by atoms with E-state index in [9.17, 15) is 0 Å². The van der Waals surface area contributed by atoms with Gasteiger partial charge in [0.25, 0.3) is 0 Å². The summed E-state index contributed by atoms with van der Waals surface area (Å²) in [6.07, 6.45) is 7.93. The molecule has 0 atom stereocenters. The molecule has 0 spiro atoms. The summed E-state index contributed by atoms with van der Waals surface area (Å²) in [5, 5.41) is 0. The van der Waals surface area contributed by atoms with Crippen molar-refractivity contribution in [3.63, 3.8) is 0 Å². The van der Waals surface area contributed by atoms with Gasteiger partial charge < -0.3 is 0 Å². The fraction of sp³-hybridized carbons (Fsp3) is 0.909. The van der Waals surface area contributed by atoms with Gasteiger partial charge >= 0.3 is 0 Å². The van der Waals surface area contributed by atoms with E-state index >= 15 is 0 Å². The SMILES string of the molecule is CC1(C)[CH]CCC(C)(C)CC1. The Bertz CT molecular complexity index is 115. The van der Waals surface area contributed by atoms with E-state index in [0.29, 0.717) is 10.8 Å². The van der Waals surface area contributed by atoms with Crippen LogP contribution in [0.3, 0.4) is 0 Å². The largest absolute Gasteiger partial charge is 0.0599 e. The van der Waals surface area contributed by atoms with Crippen LogP contribution < -0.4 is 0 Å². The second kappa shape index (κ2) is 2.80. The molecule has 0 aromatic carbocycles. The molecular weight excluding hydrogens is 132 g/mol. The lowest BCUT2D eigenvalue weighted by Gasteiger charge is -2.24. The van der Waals surface area contributed by atoms with Crippen LogP contribution in [0.15, 0.2) is 0 Å². The molecule has 1 rings (SSSR count). The molecule has 0 aromatic heterocycles. The molecule has 0 aromatic rings. The van der Waals surface area contributed by atoms with Crippen molar-refractivity contribution in [3.8, 4) is 0 Å². The van der Waals surface area contributed by atoms with Crippen molar-refractivity contribution in [1.82, 2.24) is 0 Å². The molecule has 11 heavy (non-hydrogen) atoms. The van der Waals surface area contributed by atoms with E-state index in [2.05, 4.69) is 34.1 Å². The fourth-order valence-electron chi connectivity index (χ4n) is 1.74. The standard InChI is InChI=1S/C11H21/c1-10(2)6-5-7-11(3,4)9-8-10/h6H,5,7-9H2,1-4H3. The molecule has 65 valence electrons.